The molecule has 2 N–H and O–H groups in total. The predicted octanol–water partition coefficient (Wildman–Crippen LogP) is 3.33. The number of nitrogens with one attached hydrogen (secondary N) is 2. The third-order valence-corrected chi connectivity index (χ3v) is 5.13. The number of benzene rings is 3. The van der Waals surface area contributed by atoms with Gasteiger partial charge in [-0.1, -0.05) is 30.3 Å². The van der Waals surface area contributed by atoms with Crippen molar-refractivity contribution in [2.24, 2.45) is 0 Å². The maximum absolute atomic E-state index is 12.8. The van der Waals surface area contributed by atoms with Crippen molar-refractivity contribution in [2.45, 2.75) is 13.1 Å². The number of para-hydroxylation sites is 2. The highest BCUT2D eigenvalue weighted by atomic mass is 16.7. The summed E-state index contributed by atoms with van der Waals surface area (Å²) >= 11 is 0. The van der Waals surface area contributed by atoms with Crippen LogP contribution < -0.4 is 20.1 Å². The lowest BCUT2D eigenvalue weighted by Gasteiger charge is -2.11. The highest BCUT2D eigenvalue weighted by Gasteiger charge is 2.17. The fourth-order valence-electron chi connectivity index (χ4n) is 3.61. The van der Waals surface area contributed by atoms with E-state index >= 15 is 0 Å². The molecule has 0 aliphatic carbocycles. The number of anilines is 1. The maximum atomic E-state index is 12.8. The van der Waals surface area contributed by atoms with Crippen LogP contribution in [0.4, 0.5) is 5.69 Å². The van der Waals surface area contributed by atoms with Crippen LogP contribution in [0.15, 0.2) is 72.8 Å². The first kappa shape index (κ1) is 19.6. The first-order valence-corrected chi connectivity index (χ1v) is 10.1. The van der Waals surface area contributed by atoms with E-state index in [9.17, 15) is 9.59 Å². The number of aromatic nitrogens is 2. The van der Waals surface area contributed by atoms with Gasteiger partial charge in [0.05, 0.1) is 17.6 Å². The number of hydrogen-bond donors (Lipinski definition) is 2. The second-order valence-electron chi connectivity index (χ2n) is 7.27. The van der Waals surface area contributed by atoms with Gasteiger partial charge >= 0.3 is 0 Å². The standard InChI is InChI=1S/C24H20N4O4/c29-23(26-17-10-11-20-21(12-17)32-15-31-20)14-28-19-9-5-4-8-18(19)27-22(28)13-25-24(30)16-6-2-1-3-7-16/h1-12H,13-15H2,(H,25,30)(H,26,29). The van der Waals surface area contributed by atoms with Crippen LogP contribution in [0.1, 0.15) is 16.2 Å². The largest absolute Gasteiger partial charge is 0.454 e. The lowest BCUT2D eigenvalue weighted by atomic mass is 10.2. The van der Waals surface area contributed by atoms with E-state index in [4.69, 9.17) is 9.47 Å². The number of imidazole rings is 1. The number of carbonyl (C=O) groups is 2. The summed E-state index contributed by atoms with van der Waals surface area (Å²) in [4.78, 5) is 29.9. The van der Waals surface area contributed by atoms with Crippen molar-refractivity contribution >= 4 is 28.5 Å². The number of ether oxygens (including phenoxy) is 2. The monoisotopic (exact) mass is 428 g/mol. The van der Waals surface area contributed by atoms with Crippen molar-refractivity contribution in [1.29, 1.82) is 0 Å². The van der Waals surface area contributed by atoms with Crippen LogP contribution >= 0.6 is 0 Å². The van der Waals surface area contributed by atoms with E-state index in [0.29, 0.717) is 28.6 Å². The van der Waals surface area contributed by atoms with Gasteiger partial charge in [-0.2, -0.15) is 0 Å². The van der Waals surface area contributed by atoms with Crippen molar-refractivity contribution in [1.82, 2.24) is 14.9 Å². The molecule has 2 heterocycles. The van der Waals surface area contributed by atoms with E-state index < -0.39 is 0 Å². The van der Waals surface area contributed by atoms with Crippen LogP contribution in [0.5, 0.6) is 11.5 Å². The van der Waals surface area contributed by atoms with Gasteiger partial charge in [0, 0.05) is 17.3 Å². The first-order chi connectivity index (χ1) is 15.7. The minimum atomic E-state index is -0.220. The quantitative estimate of drug-likeness (QED) is 0.491. The van der Waals surface area contributed by atoms with Crippen molar-refractivity contribution in [3.63, 3.8) is 0 Å². The van der Waals surface area contributed by atoms with E-state index in [-0.39, 0.29) is 31.7 Å². The van der Waals surface area contributed by atoms with E-state index in [0.717, 1.165) is 11.0 Å². The molecule has 160 valence electrons. The van der Waals surface area contributed by atoms with Crippen molar-refractivity contribution in [3.05, 3.63) is 84.2 Å². The summed E-state index contributed by atoms with van der Waals surface area (Å²) in [6.07, 6.45) is 0. The molecule has 0 unspecified atom stereocenters. The zero-order chi connectivity index (χ0) is 21.9. The van der Waals surface area contributed by atoms with Crippen LogP contribution in [0, 0.1) is 0 Å². The molecule has 1 aliphatic heterocycles. The Balaban J connectivity index is 1.34. The molecule has 0 spiro atoms. The fraction of sp³-hybridized carbons (Fsp3) is 0.125. The average Bonchev–Trinajstić information content (AvgIpc) is 3.42. The summed E-state index contributed by atoms with van der Waals surface area (Å²) < 4.78 is 12.5. The molecule has 5 rings (SSSR count). The number of rotatable bonds is 6. The molecule has 4 aromatic rings. The summed E-state index contributed by atoms with van der Waals surface area (Å²) in [5.41, 5.74) is 2.75. The normalized spacial score (nSPS) is 12.0. The molecule has 1 aromatic heterocycles. The van der Waals surface area contributed by atoms with Crippen molar-refractivity contribution in [3.8, 4) is 11.5 Å². The minimum Gasteiger partial charge on any atom is -0.454 e. The molecule has 0 fully saturated rings. The molecule has 8 nitrogen and oxygen atoms in total. The molecule has 0 bridgehead atoms. The van der Waals surface area contributed by atoms with Crippen molar-refractivity contribution in [2.75, 3.05) is 12.1 Å². The molecule has 1 aliphatic rings. The molecule has 0 saturated heterocycles. The summed E-state index contributed by atoms with van der Waals surface area (Å²) in [5.74, 6) is 1.42. The Labute approximate surface area is 183 Å². The highest BCUT2D eigenvalue weighted by Crippen LogP contribution is 2.34. The lowest BCUT2D eigenvalue weighted by Crippen LogP contribution is -2.26. The van der Waals surface area contributed by atoms with Crippen LogP contribution in [-0.4, -0.2) is 28.2 Å². The van der Waals surface area contributed by atoms with Gasteiger partial charge in [-0.3, -0.25) is 9.59 Å². The van der Waals surface area contributed by atoms with E-state index in [1.807, 2.05) is 47.0 Å². The smallest absolute Gasteiger partial charge is 0.251 e. The third kappa shape index (κ3) is 3.98. The van der Waals surface area contributed by atoms with Gasteiger partial charge in [-0.05, 0) is 36.4 Å². The van der Waals surface area contributed by atoms with Gasteiger partial charge in [-0.15, -0.1) is 0 Å². The number of hydrogen-bond acceptors (Lipinski definition) is 5. The first-order valence-electron chi connectivity index (χ1n) is 10.1. The van der Waals surface area contributed by atoms with Crippen LogP contribution in [0.25, 0.3) is 11.0 Å². The van der Waals surface area contributed by atoms with Gasteiger partial charge in [0.1, 0.15) is 12.4 Å². The topological polar surface area (TPSA) is 94.5 Å². The van der Waals surface area contributed by atoms with Gasteiger partial charge in [0.2, 0.25) is 12.7 Å². The summed E-state index contributed by atoms with van der Waals surface area (Å²) in [6, 6.07) is 21.8. The Morgan fingerprint density at radius 3 is 2.59 bits per heavy atom. The van der Waals surface area contributed by atoms with Gasteiger partial charge < -0.3 is 24.7 Å². The van der Waals surface area contributed by atoms with Crippen molar-refractivity contribution < 1.29 is 19.1 Å². The SMILES string of the molecule is O=C(Cn1c(CNC(=O)c2ccccc2)nc2ccccc21)Nc1ccc2c(c1)OCO2. The molecular weight excluding hydrogens is 408 g/mol. The maximum Gasteiger partial charge on any atom is 0.251 e. The Hall–Kier alpha value is -4.33. The average molecular weight is 428 g/mol. The van der Waals surface area contributed by atoms with E-state index in [2.05, 4.69) is 15.6 Å². The molecule has 3 aromatic carbocycles. The molecule has 0 atom stereocenters. The lowest BCUT2D eigenvalue weighted by molar-refractivity contribution is -0.116. The van der Waals surface area contributed by atoms with E-state index in [1.165, 1.54) is 0 Å². The van der Waals surface area contributed by atoms with Crippen LogP contribution in [-0.2, 0) is 17.9 Å². The third-order valence-electron chi connectivity index (χ3n) is 5.13. The van der Waals surface area contributed by atoms with Crippen LogP contribution in [0.2, 0.25) is 0 Å². The molecule has 8 heteroatoms. The summed E-state index contributed by atoms with van der Waals surface area (Å²) in [7, 11) is 0. The van der Waals surface area contributed by atoms with Gasteiger partial charge in [0.15, 0.2) is 11.5 Å². The fourth-order valence-corrected chi connectivity index (χ4v) is 3.61. The molecule has 0 radical (unpaired) electrons. The Morgan fingerprint density at radius 1 is 0.938 bits per heavy atom. The molecular formula is C24H20N4O4. The minimum absolute atomic E-state index is 0.0471. The van der Waals surface area contributed by atoms with E-state index in [1.54, 1.807) is 30.3 Å². The Bertz CT molecular complexity index is 1300. The van der Waals surface area contributed by atoms with Gasteiger partial charge in [-0.25, -0.2) is 4.98 Å². The molecule has 2 amide bonds. The zero-order valence-electron chi connectivity index (χ0n) is 17.1. The Morgan fingerprint density at radius 2 is 1.72 bits per heavy atom. The van der Waals surface area contributed by atoms with Gasteiger partial charge in [0.25, 0.3) is 5.91 Å². The number of nitrogens with zero attached hydrogens (tertiary/aromatic N) is 2. The summed E-state index contributed by atoms with van der Waals surface area (Å²) in [6.45, 7) is 0.414. The zero-order valence-corrected chi connectivity index (χ0v) is 17.1. The molecule has 32 heavy (non-hydrogen) atoms. The second-order valence-corrected chi connectivity index (χ2v) is 7.27. The Kier molecular flexibility index (Phi) is 5.17. The highest BCUT2D eigenvalue weighted by molar-refractivity contribution is 5.94. The number of amides is 2. The summed E-state index contributed by atoms with van der Waals surface area (Å²) in [5, 5.41) is 5.77. The second kappa shape index (κ2) is 8.43. The van der Waals surface area contributed by atoms with Crippen LogP contribution in [0.3, 0.4) is 0 Å². The molecule has 0 saturated carbocycles. The number of carbonyl (C=O) groups excluding carboxylic acids is 2. The number of fused-ring (bicyclic) bond motifs is 2. The predicted molar refractivity (Wildman–Crippen MR) is 119 cm³/mol.